The van der Waals surface area contributed by atoms with Gasteiger partial charge in [-0.25, -0.2) is 4.39 Å². The molecule has 1 aliphatic heterocycles. The number of pyridine rings is 1. The van der Waals surface area contributed by atoms with Crippen molar-refractivity contribution >= 4 is 23.0 Å². The number of hydrogen-bond acceptors (Lipinski definition) is 2. The van der Waals surface area contributed by atoms with E-state index in [4.69, 9.17) is 12.2 Å². The summed E-state index contributed by atoms with van der Waals surface area (Å²) in [6, 6.07) is 24.8. The Hall–Kier alpha value is -3.51. The fourth-order valence-electron chi connectivity index (χ4n) is 4.71. The van der Waals surface area contributed by atoms with Crippen LogP contribution in [0.25, 0.3) is 0 Å². The van der Waals surface area contributed by atoms with Crippen LogP contribution in [0.1, 0.15) is 40.3 Å². The predicted octanol–water partition coefficient (Wildman–Crippen LogP) is 5.86. The molecule has 0 saturated carbocycles. The SMILES string of the molecule is Cc1cc([C@@H]2[C@@H](c3ccccn3)NC(=S)N2c2ccccc2F)c(C)n1Cc1ccccc1. The van der Waals surface area contributed by atoms with Crippen molar-refractivity contribution < 1.29 is 4.39 Å². The fourth-order valence-corrected chi connectivity index (χ4v) is 5.05. The van der Waals surface area contributed by atoms with Crippen molar-refractivity contribution in [1.82, 2.24) is 14.9 Å². The number of nitrogens with zero attached hydrogens (tertiary/aromatic N) is 3. The third kappa shape index (κ3) is 3.91. The molecule has 0 spiro atoms. The number of nitrogens with one attached hydrogen (secondary N) is 1. The summed E-state index contributed by atoms with van der Waals surface area (Å²) >= 11 is 5.74. The van der Waals surface area contributed by atoms with Gasteiger partial charge in [0.2, 0.25) is 0 Å². The molecular weight excluding hydrogens is 431 g/mol. The van der Waals surface area contributed by atoms with E-state index in [0.717, 1.165) is 29.2 Å². The molecule has 2 atom stereocenters. The molecule has 1 N–H and O–H groups in total. The third-order valence-electron chi connectivity index (χ3n) is 6.33. The van der Waals surface area contributed by atoms with Gasteiger partial charge in [-0.3, -0.25) is 4.98 Å². The Morgan fingerprint density at radius 3 is 2.42 bits per heavy atom. The fraction of sp³-hybridized carbons (Fsp3) is 0.185. The summed E-state index contributed by atoms with van der Waals surface area (Å²) in [5, 5.41) is 3.91. The molecule has 0 radical (unpaired) electrons. The van der Waals surface area contributed by atoms with Crippen molar-refractivity contribution in [1.29, 1.82) is 0 Å². The quantitative estimate of drug-likeness (QED) is 0.381. The summed E-state index contributed by atoms with van der Waals surface area (Å²) in [5.74, 6) is -0.300. The van der Waals surface area contributed by atoms with Crippen molar-refractivity contribution in [2.45, 2.75) is 32.5 Å². The summed E-state index contributed by atoms with van der Waals surface area (Å²) in [4.78, 5) is 6.50. The monoisotopic (exact) mass is 456 g/mol. The van der Waals surface area contributed by atoms with Crippen LogP contribution in [0, 0.1) is 19.7 Å². The highest BCUT2D eigenvalue weighted by Crippen LogP contribution is 2.43. The molecule has 4 aromatic rings. The van der Waals surface area contributed by atoms with E-state index in [-0.39, 0.29) is 17.9 Å². The molecule has 4 nitrogen and oxygen atoms in total. The van der Waals surface area contributed by atoms with Crippen LogP contribution in [-0.4, -0.2) is 14.7 Å². The van der Waals surface area contributed by atoms with Gasteiger partial charge < -0.3 is 14.8 Å². The Labute approximate surface area is 198 Å². The van der Waals surface area contributed by atoms with Crippen LogP contribution in [0.15, 0.2) is 85.1 Å². The van der Waals surface area contributed by atoms with Gasteiger partial charge in [0.25, 0.3) is 0 Å². The number of benzene rings is 2. The zero-order valence-corrected chi connectivity index (χ0v) is 19.4. The molecule has 3 heterocycles. The van der Waals surface area contributed by atoms with Crippen LogP contribution < -0.4 is 10.2 Å². The minimum absolute atomic E-state index is 0.205. The second kappa shape index (κ2) is 8.79. The van der Waals surface area contributed by atoms with E-state index in [1.165, 1.54) is 11.6 Å². The van der Waals surface area contributed by atoms with Gasteiger partial charge in [0.1, 0.15) is 5.82 Å². The molecule has 0 amide bonds. The molecule has 2 aromatic carbocycles. The van der Waals surface area contributed by atoms with Crippen LogP contribution in [0.2, 0.25) is 0 Å². The molecule has 0 unspecified atom stereocenters. The minimum atomic E-state index is -0.300. The zero-order chi connectivity index (χ0) is 22.9. The molecule has 33 heavy (non-hydrogen) atoms. The maximum Gasteiger partial charge on any atom is 0.174 e. The number of para-hydroxylation sites is 1. The van der Waals surface area contributed by atoms with Crippen LogP contribution in [-0.2, 0) is 6.54 Å². The molecule has 1 saturated heterocycles. The van der Waals surface area contributed by atoms with Crippen LogP contribution >= 0.6 is 12.2 Å². The number of aromatic nitrogens is 2. The lowest BCUT2D eigenvalue weighted by molar-refractivity contribution is 0.554. The Morgan fingerprint density at radius 1 is 0.970 bits per heavy atom. The van der Waals surface area contributed by atoms with Gasteiger partial charge in [-0.1, -0.05) is 48.5 Å². The predicted molar refractivity (Wildman–Crippen MR) is 134 cm³/mol. The normalized spacial score (nSPS) is 17.9. The second-order valence-corrected chi connectivity index (χ2v) is 8.73. The van der Waals surface area contributed by atoms with Crippen LogP contribution in [0.4, 0.5) is 10.1 Å². The standard InChI is InChI=1S/C27H25FN4S/c1-18-16-21(19(2)31(18)17-20-10-4-3-5-11-20)26-25(23-13-8-9-15-29-23)30-27(33)32(26)24-14-7-6-12-22(24)28/h3-16,25-26H,17H2,1-2H3,(H,30,33)/t25-,26-/m1/s1. The van der Waals surface area contributed by atoms with E-state index < -0.39 is 0 Å². The van der Waals surface area contributed by atoms with Crippen molar-refractivity contribution in [2.75, 3.05) is 4.90 Å². The first-order chi connectivity index (χ1) is 16.0. The maximum absolute atomic E-state index is 15.0. The molecule has 166 valence electrons. The summed E-state index contributed by atoms with van der Waals surface area (Å²) in [6.07, 6.45) is 1.78. The van der Waals surface area contributed by atoms with Gasteiger partial charge in [-0.2, -0.15) is 0 Å². The third-order valence-corrected chi connectivity index (χ3v) is 6.64. The van der Waals surface area contributed by atoms with Gasteiger partial charge >= 0.3 is 0 Å². The van der Waals surface area contributed by atoms with Crippen molar-refractivity contribution in [3.05, 3.63) is 119 Å². The zero-order valence-electron chi connectivity index (χ0n) is 18.6. The number of anilines is 1. The lowest BCUT2D eigenvalue weighted by Gasteiger charge is -2.28. The molecule has 5 rings (SSSR count). The van der Waals surface area contributed by atoms with Gasteiger partial charge in [-0.15, -0.1) is 0 Å². The molecular formula is C27H25FN4S. The van der Waals surface area contributed by atoms with E-state index in [1.807, 2.05) is 35.2 Å². The molecule has 0 aliphatic carbocycles. The van der Waals surface area contributed by atoms with Crippen molar-refractivity contribution in [3.63, 3.8) is 0 Å². The Morgan fingerprint density at radius 2 is 1.70 bits per heavy atom. The van der Waals surface area contributed by atoms with E-state index in [2.05, 4.69) is 59.0 Å². The van der Waals surface area contributed by atoms with Gasteiger partial charge in [0, 0.05) is 24.1 Å². The smallest absolute Gasteiger partial charge is 0.174 e. The molecule has 1 fully saturated rings. The number of hydrogen-bond donors (Lipinski definition) is 1. The lowest BCUT2D eigenvalue weighted by Crippen LogP contribution is -2.30. The Bertz CT molecular complexity index is 1290. The van der Waals surface area contributed by atoms with E-state index in [0.29, 0.717) is 10.8 Å². The highest BCUT2D eigenvalue weighted by atomic mass is 32.1. The van der Waals surface area contributed by atoms with Gasteiger partial charge in [-0.05, 0) is 67.5 Å². The molecule has 0 bridgehead atoms. The Balaban J connectivity index is 1.64. The number of thiocarbonyl (C=S) groups is 1. The highest BCUT2D eigenvalue weighted by Gasteiger charge is 2.43. The summed E-state index contributed by atoms with van der Waals surface area (Å²) in [7, 11) is 0. The number of halogens is 1. The first kappa shape index (κ1) is 21.3. The average molecular weight is 457 g/mol. The summed E-state index contributed by atoms with van der Waals surface area (Å²) < 4.78 is 17.3. The van der Waals surface area contributed by atoms with Gasteiger partial charge in [0.05, 0.1) is 23.5 Å². The maximum atomic E-state index is 15.0. The highest BCUT2D eigenvalue weighted by molar-refractivity contribution is 7.80. The topological polar surface area (TPSA) is 33.1 Å². The Kier molecular flexibility index (Phi) is 5.68. The van der Waals surface area contributed by atoms with Gasteiger partial charge in [0.15, 0.2) is 5.11 Å². The van der Waals surface area contributed by atoms with Crippen LogP contribution in [0.5, 0.6) is 0 Å². The molecule has 2 aromatic heterocycles. The first-order valence-corrected chi connectivity index (χ1v) is 11.4. The largest absolute Gasteiger partial charge is 0.351 e. The van der Waals surface area contributed by atoms with E-state index in [9.17, 15) is 4.39 Å². The van der Waals surface area contributed by atoms with E-state index >= 15 is 0 Å². The first-order valence-electron chi connectivity index (χ1n) is 11.0. The summed E-state index contributed by atoms with van der Waals surface area (Å²) in [5.41, 5.74) is 5.96. The van der Waals surface area contributed by atoms with Crippen LogP contribution in [0.3, 0.4) is 0 Å². The number of aryl methyl sites for hydroxylation is 1. The lowest BCUT2D eigenvalue weighted by atomic mass is 9.96. The molecule has 1 aliphatic rings. The average Bonchev–Trinajstić information content (AvgIpc) is 3.31. The summed E-state index contributed by atoms with van der Waals surface area (Å²) in [6.45, 7) is 5.02. The van der Waals surface area contributed by atoms with Crippen molar-refractivity contribution in [3.8, 4) is 0 Å². The number of rotatable bonds is 5. The minimum Gasteiger partial charge on any atom is -0.351 e. The van der Waals surface area contributed by atoms with Crippen molar-refractivity contribution in [2.24, 2.45) is 0 Å². The second-order valence-electron chi connectivity index (χ2n) is 8.35. The van der Waals surface area contributed by atoms with E-state index in [1.54, 1.807) is 18.3 Å². The molecule has 6 heteroatoms.